The van der Waals surface area contributed by atoms with Crippen LogP contribution in [0.3, 0.4) is 0 Å². The van der Waals surface area contributed by atoms with E-state index >= 15 is 0 Å². The molecule has 0 aliphatic carbocycles. The smallest absolute Gasteiger partial charge is 0.276 e. The van der Waals surface area contributed by atoms with Gasteiger partial charge in [0, 0.05) is 12.2 Å². The lowest BCUT2D eigenvalue weighted by Crippen LogP contribution is -2.15. The second-order valence-corrected chi connectivity index (χ2v) is 4.38. The van der Waals surface area contributed by atoms with Crippen molar-refractivity contribution >= 4 is 17.4 Å². The third-order valence-corrected chi connectivity index (χ3v) is 2.70. The zero-order valence-corrected chi connectivity index (χ0v) is 11.6. The minimum absolute atomic E-state index is 0.222. The monoisotopic (exact) mass is 281 g/mol. The highest BCUT2D eigenvalue weighted by Gasteiger charge is 2.08. The van der Waals surface area contributed by atoms with Crippen molar-refractivity contribution in [3.05, 3.63) is 47.7 Å². The Balaban J connectivity index is 2.04. The standard InChI is InChI=1S/C15H15N5O/c1-2-8-17-14-7-6-13(19-20-14)15(21)18-12-5-3-4-11(9-12)10-16/h3-7,9H,2,8H2,1H3,(H,17,20)(H,18,21). The third kappa shape index (κ3) is 4.01. The Hall–Kier alpha value is -2.94. The molecule has 2 N–H and O–H groups in total. The van der Waals surface area contributed by atoms with Crippen molar-refractivity contribution in [1.29, 1.82) is 5.26 Å². The number of hydrogen-bond acceptors (Lipinski definition) is 5. The van der Waals surface area contributed by atoms with Gasteiger partial charge in [0.05, 0.1) is 11.6 Å². The fourth-order valence-electron chi connectivity index (χ4n) is 1.66. The average Bonchev–Trinajstić information content (AvgIpc) is 2.53. The molecule has 6 heteroatoms. The molecule has 0 saturated carbocycles. The normalized spacial score (nSPS) is 9.71. The van der Waals surface area contributed by atoms with E-state index in [1.807, 2.05) is 6.07 Å². The maximum absolute atomic E-state index is 12.0. The Morgan fingerprint density at radius 2 is 2.14 bits per heavy atom. The quantitative estimate of drug-likeness (QED) is 0.878. The molecule has 1 aromatic carbocycles. The molecule has 0 saturated heterocycles. The van der Waals surface area contributed by atoms with E-state index in [-0.39, 0.29) is 11.6 Å². The molecule has 1 amide bonds. The molecule has 106 valence electrons. The summed E-state index contributed by atoms with van der Waals surface area (Å²) < 4.78 is 0. The number of nitrogens with zero attached hydrogens (tertiary/aromatic N) is 3. The van der Waals surface area contributed by atoms with Crippen LogP contribution >= 0.6 is 0 Å². The summed E-state index contributed by atoms with van der Waals surface area (Å²) in [5.74, 6) is 0.277. The fraction of sp³-hybridized carbons (Fsp3) is 0.200. The molecule has 0 aliphatic rings. The van der Waals surface area contributed by atoms with Crippen molar-refractivity contribution in [2.45, 2.75) is 13.3 Å². The molecule has 1 heterocycles. The van der Waals surface area contributed by atoms with E-state index in [2.05, 4.69) is 27.8 Å². The van der Waals surface area contributed by atoms with Gasteiger partial charge in [-0.3, -0.25) is 4.79 Å². The van der Waals surface area contributed by atoms with Crippen molar-refractivity contribution in [3.63, 3.8) is 0 Å². The molecule has 21 heavy (non-hydrogen) atoms. The molecule has 0 aliphatic heterocycles. The van der Waals surface area contributed by atoms with Gasteiger partial charge in [-0.05, 0) is 36.8 Å². The zero-order chi connectivity index (χ0) is 15.1. The second-order valence-electron chi connectivity index (χ2n) is 4.38. The topological polar surface area (TPSA) is 90.7 Å². The fourth-order valence-corrected chi connectivity index (χ4v) is 1.66. The predicted molar refractivity (Wildman–Crippen MR) is 79.9 cm³/mol. The summed E-state index contributed by atoms with van der Waals surface area (Å²) in [6.45, 7) is 2.86. The Kier molecular flexibility index (Phi) is 4.83. The van der Waals surface area contributed by atoms with Gasteiger partial charge in [-0.2, -0.15) is 5.26 Å². The zero-order valence-electron chi connectivity index (χ0n) is 11.6. The highest BCUT2D eigenvalue weighted by Crippen LogP contribution is 2.11. The van der Waals surface area contributed by atoms with Gasteiger partial charge in [0.25, 0.3) is 5.91 Å². The summed E-state index contributed by atoms with van der Waals surface area (Å²) in [5, 5.41) is 22.4. The van der Waals surface area contributed by atoms with Gasteiger partial charge in [-0.25, -0.2) is 0 Å². The largest absolute Gasteiger partial charge is 0.369 e. The van der Waals surface area contributed by atoms with Crippen LogP contribution in [0, 0.1) is 11.3 Å². The van der Waals surface area contributed by atoms with E-state index in [0.717, 1.165) is 13.0 Å². The van der Waals surface area contributed by atoms with Crippen LogP contribution in [0.1, 0.15) is 29.4 Å². The van der Waals surface area contributed by atoms with Gasteiger partial charge >= 0.3 is 0 Å². The SMILES string of the molecule is CCCNc1ccc(C(=O)Nc2cccc(C#N)c2)nn1. The van der Waals surface area contributed by atoms with Crippen LogP contribution < -0.4 is 10.6 Å². The van der Waals surface area contributed by atoms with E-state index in [0.29, 0.717) is 17.1 Å². The van der Waals surface area contributed by atoms with Gasteiger partial charge in [-0.1, -0.05) is 13.0 Å². The number of hydrogen-bond donors (Lipinski definition) is 2. The number of carbonyl (C=O) groups is 1. The number of anilines is 2. The summed E-state index contributed by atoms with van der Waals surface area (Å²) in [7, 11) is 0. The van der Waals surface area contributed by atoms with E-state index in [1.165, 1.54) is 0 Å². The first-order valence-corrected chi connectivity index (χ1v) is 6.62. The lowest BCUT2D eigenvalue weighted by atomic mass is 10.2. The van der Waals surface area contributed by atoms with E-state index in [9.17, 15) is 4.79 Å². The molecule has 0 atom stereocenters. The average molecular weight is 281 g/mol. The highest BCUT2D eigenvalue weighted by atomic mass is 16.1. The Bertz CT molecular complexity index is 661. The summed E-state index contributed by atoms with van der Waals surface area (Å²) in [5.41, 5.74) is 1.26. The van der Waals surface area contributed by atoms with Crippen molar-refractivity contribution in [2.75, 3.05) is 17.2 Å². The van der Waals surface area contributed by atoms with Crippen LogP contribution in [0.5, 0.6) is 0 Å². The lowest BCUT2D eigenvalue weighted by Gasteiger charge is -2.06. The lowest BCUT2D eigenvalue weighted by molar-refractivity contribution is 0.102. The summed E-state index contributed by atoms with van der Waals surface area (Å²) in [4.78, 5) is 12.0. The minimum Gasteiger partial charge on any atom is -0.369 e. The number of aromatic nitrogens is 2. The van der Waals surface area contributed by atoms with Gasteiger partial charge in [0.1, 0.15) is 5.82 Å². The van der Waals surface area contributed by atoms with E-state index < -0.39 is 0 Å². The second kappa shape index (κ2) is 7.01. The molecule has 1 aromatic heterocycles. The molecule has 0 fully saturated rings. The Morgan fingerprint density at radius 3 is 2.81 bits per heavy atom. The molecule has 0 unspecified atom stereocenters. The van der Waals surface area contributed by atoms with Crippen molar-refractivity contribution in [2.24, 2.45) is 0 Å². The van der Waals surface area contributed by atoms with Crippen molar-refractivity contribution in [1.82, 2.24) is 10.2 Å². The van der Waals surface area contributed by atoms with Crippen LogP contribution in [0.2, 0.25) is 0 Å². The van der Waals surface area contributed by atoms with Crippen molar-refractivity contribution in [3.8, 4) is 6.07 Å². The number of nitrogens with one attached hydrogen (secondary N) is 2. The van der Waals surface area contributed by atoms with E-state index in [1.54, 1.807) is 36.4 Å². The van der Waals surface area contributed by atoms with Crippen molar-refractivity contribution < 1.29 is 4.79 Å². The van der Waals surface area contributed by atoms with Crippen LogP contribution in [-0.4, -0.2) is 22.6 Å². The number of rotatable bonds is 5. The molecular weight excluding hydrogens is 266 g/mol. The van der Waals surface area contributed by atoms with Gasteiger partial charge in [0.15, 0.2) is 5.69 Å². The molecule has 2 aromatic rings. The molecule has 0 bridgehead atoms. The first kappa shape index (κ1) is 14.5. The van der Waals surface area contributed by atoms with Crippen LogP contribution in [-0.2, 0) is 0 Å². The summed E-state index contributed by atoms with van der Waals surface area (Å²) in [6, 6.07) is 12.0. The van der Waals surface area contributed by atoms with E-state index in [4.69, 9.17) is 5.26 Å². The van der Waals surface area contributed by atoms with Gasteiger partial charge in [-0.15, -0.1) is 10.2 Å². The first-order chi connectivity index (χ1) is 10.2. The summed E-state index contributed by atoms with van der Waals surface area (Å²) in [6.07, 6.45) is 0.985. The number of nitriles is 1. The summed E-state index contributed by atoms with van der Waals surface area (Å²) >= 11 is 0. The number of amides is 1. The molecule has 0 spiro atoms. The Labute approximate surface area is 122 Å². The molecule has 0 radical (unpaired) electrons. The van der Waals surface area contributed by atoms with Gasteiger partial charge in [0.2, 0.25) is 0 Å². The Morgan fingerprint density at radius 1 is 1.29 bits per heavy atom. The molecule has 6 nitrogen and oxygen atoms in total. The molecular formula is C15H15N5O. The first-order valence-electron chi connectivity index (χ1n) is 6.62. The third-order valence-electron chi connectivity index (χ3n) is 2.70. The maximum Gasteiger partial charge on any atom is 0.276 e. The van der Waals surface area contributed by atoms with Crippen LogP contribution in [0.25, 0.3) is 0 Å². The highest BCUT2D eigenvalue weighted by molar-refractivity contribution is 6.02. The number of carbonyl (C=O) groups excluding carboxylic acids is 1. The van der Waals surface area contributed by atoms with Crippen LogP contribution in [0.15, 0.2) is 36.4 Å². The van der Waals surface area contributed by atoms with Gasteiger partial charge < -0.3 is 10.6 Å². The maximum atomic E-state index is 12.0. The predicted octanol–water partition coefficient (Wildman–Crippen LogP) is 2.42. The molecule has 2 rings (SSSR count). The van der Waals surface area contributed by atoms with Crippen LogP contribution in [0.4, 0.5) is 11.5 Å². The minimum atomic E-state index is -0.361. The number of benzene rings is 1.